The van der Waals surface area contributed by atoms with E-state index in [2.05, 4.69) is 0 Å². The van der Waals surface area contributed by atoms with Crippen LogP contribution in [0.4, 0.5) is 8.78 Å². The molecule has 0 saturated carbocycles. The van der Waals surface area contributed by atoms with E-state index in [1.54, 1.807) is 31.4 Å². The standard InChI is InChI=1S/C15H12F2O3/c1-20-13-8-4-11(5-9-13)10-2-6-12(7-3-10)15(16,17)14(18)19/h2-9H,1H3,(H,18,19). The zero-order valence-electron chi connectivity index (χ0n) is 10.6. The smallest absolute Gasteiger partial charge is 0.379 e. The van der Waals surface area contributed by atoms with E-state index in [9.17, 15) is 13.6 Å². The van der Waals surface area contributed by atoms with Crippen LogP contribution in [0.3, 0.4) is 0 Å². The fraction of sp³-hybridized carbons (Fsp3) is 0.133. The zero-order chi connectivity index (χ0) is 14.8. The Morgan fingerprint density at radius 1 is 1.00 bits per heavy atom. The number of methoxy groups -OCH3 is 1. The number of alkyl halides is 2. The Hall–Kier alpha value is -2.43. The van der Waals surface area contributed by atoms with Gasteiger partial charge in [0.2, 0.25) is 0 Å². The van der Waals surface area contributed by atoms with Gasteiger partial charge in [-0.25, -0.2) is 4.79 Å². The first-order chi connectivity index (χ1) is 9.45. The molecule has 2 aromatic rings. The van der Waals surface area contributed by atoms with Crippen LogP contribution in [-0.4, -0.2) is 18.2 Å². The molecule has 0 aliphatic heterocycles. The topological polar surface area (TPSA) is 46.5 Å². The van der Waals surface area contributed by atoms with Crippen molar-refractivity contribution in [1.82, 2.24) is 0 Å². The first kappa shape index (κ1) is 14.0. The molecule has 0 unspecified atom stereocenters. The summed E-state index contributed by atoms with van der Waals surface area (Å²) in [5.74, 6) is -5.34. The van der Waals surface area contributed by atoms with Crippen LogP contribution in [0.5, 0.6) is 5.75 Å². The largest absolute Gasteiger partial charge is 0.497 e. The van der Waals surface area contributed by atoms with Gasteiger partial charge < -0.3 is 9.84 Å². The van der Waals surface area contributed by atoms with E-state index in [1.807, 2.05) is 0 Å². The van der Waals surface area contributed by atoms with E-state index < -0.39 is 17.5 Å². The predicted molar refractivity (Wildman–Crippen MR) is 70.0 cm³/mol. The molecule has 0 aromatic heterocycles. The van der Waals surface area contributed by atoms with Gasteiger partial charge >= 0.3 is 11.9 Å². The van der Waals surface area contributed by atoms with Gasteiger partial charge in [0.15, 0.2) is 0 Å². The van der Waals surface area contributed by atoms with Crippen LogP contribution in [-0.2, 0) is 10.7 Å². The number of carboxylic acid groups (broad SMARTS) is 1. The van der Waals surface area contributed by atoms with Gasteiger partial charge in [-0.15, -0.1) is 0 Å². The van der Waals surface area contributed by atoms with E-state index in [0.717, 1.165) is 23.3 Å². The highest BCUT2D eigenvalue weighted by atomic mass is 19.3. The Morgan fingerprint density at radius 3 is 1.85 bits per heavy atom. The molecular formula is C15H12F2O3. The maximum Gasteiger partial charge on any atom is 0.379 e. The summed E-state index contributed by atoms with van der Waals surface area (Å²) in [5, 5.41) is 8.47. The van der Waals surface area contributed by atoms with Crippen molar-refractivity contribution in [1.29, 1.82) is 0 Å². The summed E-state index contributed by atoms with van der Waals surface area (Å²) in [6, 6.07) is 12.3. The van der Waals surface area contributed by atoms with E-state index in [1.165, 1.54) is 12.1 Å². The van der Waals surface area contributed by atoms with Crippen molar-refractivity contribution < 1.29 is 23.4 Å². The maximum absolute atomic E-state index is 13.3. The van der Waals surface area contributed by atoms with E-state index in [-0.39, 0.29) is 0 Å². The molecule has 0 aliphatic carbocycles. The number of halogens is 2. The third-order valence-electron chi connectivity index (χ3n) is 2.94. The summed E-state index contributed by atoms with van der Waals surface area (Å²) >= 11 is 0. The van der Waals surface area contributed by atoms with Crippen LogP contribution in [0.2, 0.25) is 0 Å². The van der Waals surface area contributed by atoms with Gasteiger partial charge in [0.25, 0.3) is 0 Å². The molecule has 0 fully saturated rings. The highest BCUT2D eigenvalue weighted by Crippen LogP contribution is 2.30. The Kier molecular flexibility index (Phi) is 3.70. The van der Waals surface area contributed by atoms with Crippen molar-refractivity contribution in [2.45, 2.75) is 5.92 Å². The van der Waals surface area contributed by atoms with Gasteiger partial charge in [-0.3, -0.25) is 0 Å². The molecule has 0 aliphatic rings. The summed E-state index contributed by atoms with van der Waals surface area (Å²) in [6.07, 6.45) is 0. The molecule has 20 heavy (non-hydrogen) atoms. The summed E-state index contributed by atoms with van der Waals surface area (Å²) in [5.41, 5.74) is 1.01. The molecule has 0 atom stereocenters. The van der Waals surface area contributed by atoms with Gasteiger partial charge in [0, 0.05) is 5.56 Å². The van der Waals surface area contributed by atoms with Gasteiger partial charge in [-0.2, -0.15) is 8.78 Å². The Balaban J connectivity index is 2.30. The van der Waals surface area contributed by atoms with Crippen molar-refractivity contribution in [2.24, 2.45) is 0 Å². The molecule has 0 spiro atoms. The van der Waals surface area contributed by atoms with Crippen LogP contribution in [0.1, 0.15) is 5.56 Å². The highest BCUT2D eigenvalue weighted by Gasteiger charge is 2.40. The lowest BCUT2D eigenvalue weighted by Gasteiger charge is -2.12. The van der Waals surface area contributed by atoms with Gasteiger partial charge in [0.1, 0.15) is 5.75 Å². The van der Waals surface area contributed by atoms with Gasteiger partial charge in [0.05, 0.1) is 7.11 Å². The number of hydrogen-bond donors (Lipinski definition) is 1. The average molecular weight is 278 g/mol. The number of hydrogen-bond acceptors (Lipinski definition) is 2. The predicted octanol–water partition coefficient (Wildman–Crippen LogP) is 3.54. The second kappa shape index (κ2) is 5.28. The normalized spacial score (nSPS) is 11.2. The van der Waals surface area contributed by atoms with E-state index >= 15 is 0 Å². The van der Waals surface area contributed by atoms with E-state index in [0.29, 0.717) is 5.75 Å². The monoisotopic (exact) mass is 278 g/mol. The molecular weight excluding hydrogens is 266 g/mol. The highest BCUT2D eigenvalue weighted by molar-refractivity contribution is 5.77. The molecule has 104 valence electrons. The maximum atomic E-state index is 13.3. The lowest BCUT2D eigenvalue weighted by molar-refractivity contribution is -0.166. The van der Waals surface area contributed by atoms with Crippen molar-refractivity contribution >= 4 is 5.97 Å². The molecule has 0 bridgehead atoms. The van der Waals surface area contributed by atoms with Crippen LogP contribution >= 0.6 is 0 Å². The Labute approximate surface area is 114 Å². The molecule has 1 N–H and O–H groups in total. The Bertz CT molecular complexity index is 604. The number of ether oxygens (including phenoxy) is 1. The van der Waals surface area contributed by atoms with Crippen LogP contribution in [0.15, 0.2) is 48.5 Å². The quantitative estimate of drug-likeness (QED) is 0.930. The molecule has 0 amide bonds. The molecule has 0 heterocycles. The van der Waals surface area contributed by atoms with Crippen molar-refractivity contribution in [3.05, 3.63) is 54.1 Å². The van der Waals surface area contributed by atoms with Crippen LogP contribution in [0.25, 0.3) is 11.1 Å². The fourth-order valence-corrected chi connectivity index (χ4v) is 1.78. The second-order valence-corrected chi connectivity index (χ2v) is 4.19. The van der Waals surface area contributed by atoms with Gasteiger partial charge in [-0.05, 0) is 23.3 Å². The average Bonchev–Trinajstić information content (AvgIpc) is 2.47. The second-order valence-electron chi connectivity index (χ2n) is 4.19. The summed E-state index contributed by atoms with van der Waals surface area (Å²) in [6.45, 7) is 0. The molecule has 5 heteroatoms. The van der Waals surface area contributed by atoms with Gasteiger partial charge in [-0.1, -0.05) is 36.4 Å². The van der Waals surface area contributed by atoms with Crippen LogP contribution < -0.4 is 4.74 Å². The molecule has 2 aromatic carbocycles. The molecule has 2 rings (SSSR count). The minimum absolute atomic E-state index is 0.540. The number of carboxylic acids is 1. The SMILES string of the molecule is COc1ccc(-c2ccc(C(F)(F)C(=O)O)cc2)cc1. The molecule has 3 nitrogen and oxygen atoms in total. The lowest BCUT2D eigenvalue weighted by atomic mass is 10.0. The number of benzene rings is 2. The third-order valence-corrected chi connectivity index (χ3v) is 2.94. The molecule has 0 saturated heterocycles. The number of carbonyl (C=O) groups is 1. The summed E-state index contributed by atoms with van der Waals surface area (Å²) in [4.78, 5) is 10.5. The number of aliphatic carboxylic acids is 1. The van der Waals surface area contributed by atoms with E-state index in [4.69, 9.17) is 9.84 Å². The third kappa shape index (κ3) is 2.61. The minimum Gasteiger partial charge on any atom is -0.497 e. The first-order valence-electron chi connectivity index (χ1n) is 5.81. The van der Waals surface area contributed by atoms with Crippen molar-refractivity contribution in [3.63, 3.8) is 0 Å². The summed E-state index contributed by atoms with van der Waals surface area (Å²) < 4.78 is 31.6. The first-order valence-corrected chi connectivity index (χ1v) is 5.81. The van der Waals surface area contributed by atoms with Crippen molar-refractivity contribution in [3.8, 4) is 16.9 Å². The zero-order valence-corrected chi connectivity index (χ0v) is 10.6. The van der Waals surface area contributed by atoms with Crippen LogP contribution in [0, 0.1) is 0 Å². The fourth-order valence-electron chi connectivity index (χ4n) is 1.78. The molecule has 0 radical (unpaired) electrons. The lowest BCUT2D eigenvalue weighted by Crippen LogP contribution is -2.25. The Morgan fingerprint density at radius 2 is 1.45 bits per heavy atom. The minimum atomic E-state index is -3.88. The van der Waals surface area contributed by atoms with Crippen molar-refractivity contribution in [2.75, 3.05) is 7.11 Å². The summed E-state index contributed by atoms with van der Waals surface area (Å²) in [7, 11) is 1.55. The number of rotatable bonds is 4.